The number of methoxy groups -OCH3 is 1. The lowest BCUT2D eigenvalue weighted by atomic mass is 10.2. The zero-order valence-electron chi connectivity index (χ0n) is 15.8. The van der Waals surface area contributed by atoms with Crippen LogP contribution in [0.3, 0.4) is 0 Å². The molecule has 2 N–H and O–H groups in total. The molecule has 0 bridgehead atoms. The highest BCUT2D eigenvalue weighted by Crippen LogP contribution is 2.23. The molecular weight excluding hydrogens is 493 g/mol. The molecule has 7 nitrogen and oxygen atoms in total. The van der Waals surface area contributed by atoms with Crippen LogP contribution in [0.2, 0.25) is 0 Å². The minimum atomic E-state index is -3.70. The number of sulfonamides is 1. The number of nitrogens with one attached hydrogen (secondary N) is 2. The summed E-state index contributed by atoms with van der Waals surface area (Å²) in [5.41, 5.74) is 6.94. The molecule has 2 aromatic carbocycles. The zero-order chi connectivity index (χ0) is 20.9. The first-order valence-corrected chi connectivity index (χ1v) is 11.2. The van der Waals surface area contributed by atoms with Crippen LogP contribution in [0.25, 0.3) is 5.70 Å². The van der Waals surface area contributed by atoms with Gasteiger partial charge in [-0.15, -0.1) is 0 Å². The standard InChI is InChI=1S/C19H22IN3O4S/c1-13(15-6-5-7-16(20)12-15)21-22-19(24)14(2)23(28(4,25)26)17-8-10-18(27-3)11-9-17/h5-12,14,21H,1H2,2-4H3,(H,22,24)/t14-/m1/s1. The van der Waals surface area contributed by atoms with Crippen LogP contribution < -0.4 is 19.9 Å². The number of amides is 1. The van der Waals surface area contributed by atoms with E-state index in [1.165, 1.54) is 14.0 Å². The molecule has 1 amide bonds. The van der Waals surface area contributed by atoms with Crippen molar-refractivity contribution in [2.24, 2.45) is 0 Å². The molecule has 2 rings (SSSR count). The lowest BCUT2D eigenvalue weighted by Gasteiger charge is -2.28. The van der Waals surface area contributed by atoms with E-state index < -0.39 is 22.0 Å². The summed E-state index contributed by atoms with van der Waals surface area (Å²) < 4.78 is 31.8. The van der Waals surface area contributed by atoms with Gasteiger partial charge in [-0.1, -0.05) is 18.7 Å². The summed E-state index contributed by atoms with van der Waals surface area (Å²) in [6.45, 7) is 5.40. The van der Waals surface area contributed by atoms with Crippen molar-refractivity contribution in [1.82, 2.24) is 10.9 Å². The van der Waals surface area contributed by atoms with E-state index in [-0.39, 0.29) is 0 Å². The maximum absolute atomic E-state index is 12.6. The van der Waals surface area contributed by atoms with Gasteiger partial charge in [0.05, 0.1) is 24.7 Å². The Hall–Kier alpha value is -2.27. The van der Waals surface area contributed by atoms with Gasteiger partial charge in [-0.3, -0.25) is 20.0 Å². The van der Waals surface area contributed by atoms with E-state index in [0.717, 1.165) is 19.7 Å². The van der Waals surface area contributed by atoms with E-state index in [4.69, 9.17) is 4.74 Å². The Bertz CT molecular complexity index is 961. The summed E-state index contributed by atoms with van der Waals surface area (Å²) in [5.74, 6) is 0.0674. The molecule has 0 aromatic heterocycles. The third kappa shape index (κ3) is 5.61. The summed E-state index contributed by atoms with van der Waals surface area (Å²) >= 11 is 2.18. The monoisotopic (exact) mass is 515 g/mol. The summed E-state index contributed by atoms with van der Waals surface area (Å²) in [7, 11) is -2.18. The highest BCUT2D eigenvalue weighted by atomic mass is 127. The number of hydrazine groups is 1. The molecule has 0 aliphatic heterocycles. The normalized spacial score (nSPS) is 12.0. The van der Waals surface area contributed by atoms with Crippen LogP contribution in [-0.4, -0.2) is 33.7 Å². The van der Waals surface area contributed by atoms with Crippen LogP contribution >= 0.6 is 22.6 Å². The van der Waals surface area contributed by atoms with Gasteiger partial charge in [-0.05, 0) is 71.5 Å². The van der Waals surface area contributed by atoms with Gasteiger partial charge in [-0.25, -0.2) is 8.42 Å². The van der Waals surface area contributed by atoms with Crippen LogP contribution in [-0.2, 0) is 14.8 Å². The number of hydrogen-bond acceptors (Lipinski definition) is 5. The average molecular weight is 515 g/mol. The quantitative estimate of drug-likeness (QED) is 0.417. The predicted octanol–water partition coefficient (Wildman–Crippen LogP) is 2.75. The molecule has 0 spiro atoms. The van der Waals surface area contributed by atoms with E-state index in [9.17, 15) is 13.2 Å². The Morgan fingerprint density at radius 3 is 2.36 bits per heavy atom. The molecule has 0 fully saturated rings. The lowest BCUT2D eigenvalue weighted by molar-refractivity contribution is -0.122. The van der Waals surface area contributed by atoms with Gasteiger partial charge in [0, 0.05) is 3.57 Å². The second-order valence-electron chi connectivity index (χ2n) is 6.04. The molecule has 0 unspecified atom stereocenters. The lowest BCUT2D eigenvalue weighted by Crippen LogP contribution is -2.51. The van der Waals surface area contributed by atoms with E-state index in [1.54, 1.807) is 24.3 Å². The maximum atomic E-state index is 12.6. The SMILES string of the molecule is C=C(NNC(=O)[C@@H](C)N(c1ccc(OC)cc1)S(C)(=O)=O)c1cccc(I)c1. The maximum Gasteiger partial charge on any atom is 0.261 e. The molecule has 1 atom stereocenters. The zero-order valence-corrected chi connectivity index (χ0v) is 18.7. The van der Waals surface area contributed by atoms with Crippen molar-refractivity contribution in [3.8, 4) is 5.75 Å². The number of ether oxygens (including phenoxy) is 1. The first kappa shape index (κ1) is 22.0. The van der Waals surface area contributed by atoms with Gasteiger partial charge < -0.3 is 4.74 Å². The van der Waals surface area contributed by atoms with Crippen molar-refractivity contribution in [1.29, 1.82) is 0 Å². The first-order valence-electron chi connectivity index (χ1n) is 8.27. The van der Waals surface area contributed by atoms with Crippen molar-refractivity contribution < 1.29 is 17.9 Å². The Kier molecular flexibility index (Phi) is 7.30. The molecule has 150 valence electrons. The Balaban J connectivity index is 2.14. The summed E-state index contributed by atoms with van der Waals surface area (Å²) in [6, 6.07) is 13.0. The van der Waals surface area contributed by atoms with Crippen LogP contribution in [0.1, 0.15) is 12.5 Å². The molecule has 0 saturated heterocycles. The van der Waals surface area contributed by atoms with Gasteiger partial charge in [0.15, 0.2) is 0 Å². The highest BCUT2D eigenvalue weighted by Gasteiger charge is 2.29. The predicted molar refractivity (Wildman–Crippen MR) is 119 cm³/mol. The third-order valence-corrected chi connectivity index (χ3v) is 5.84. The van der Waals surface area contributed by atoms with Gasteiger partial charge in [0.25, 0.3) is 5.91 Å². The number of nitrogens with zero attached hydrogens (tertiary/aromatic N) is 1. The second kappa shape index (κ2) is 9.28. The second-order valence-corrected chi connectivity index (χ2v) is 9.14. The van der Waals surface area contributed by atoms with E-state index >= 15 is 0 Å². The molecular formula is C19H22IN3O4S. The number of rotatable bonds is 8. The number of carbonyl (C=O) groups excluding carboxylic acids is 1. The molecule has 0 aliphatic rings. The van der Waals surface area contributed by atoms with Gasteiger partial charge in [0.2, 0.25) is 10.0 Å². The van der Waals surface area contributed by atoms with Crippen molar-refractivity contribution >= 4 is 49.9 Å². The van der Waals surface area contributed by atoms with Gasteiger partial charge in [0.1, 0.15) is 11.8 Å². The minimum absolute atomic E-state index is 0.363. The highest BCUT2D eigenvalue weighted by molar-refractivity contribution is 14.1. The summed E-state index contributed by atoms with van der Waals surface area (Å²) in [5, 5.41) is 0. The molecule has 0 radical (unpaired) electrons. The number of benzene rings is 2. The molecule has 28 heavy (non-hydrogen) atoms. The minimum Gasteiger partial charge on any atom is -0.497 e. The van der Waals surface area contributed by atoms with E-state index in [0.29, 0.717) is 17.1 Å². The van der Waals surface area contributed by atoms with Gasteiger partial charge >= 0.3 is 0 Å². The molecule has 0 saturated carbocycles. The third-order valence-electron chi connectivity index (χ3n) is 3.93. The van der Waals surface area contributed by atoms with Crippen LogP contribution in [0.5, 0.6) is 5.75 Å². The molecule has 2 aromatic rings. The Labute approximate surface area is 178 Å². The van der Waals surface area contributed by atoms with Crippen molar-refractivity contribution in [3.63, 3.8) is 0 Å². The molecule has 0 aliphatic carbocycles. The van der Waals surface area contributed by atoms with E-state index in [2.05, 4.69) is 40.0 Å². The molecule has 0 heterocycles. The largest absolute Gasteiger partial charge is 0.497 e. The van der Waals surface area contributed by atoms with Crippen LogP contribution in [0, 0.1) is 3.57 Å². The first-order chi connectivity index (χ1) is 13.1. The fourth-order valence-electron chi connectivity index (χ4n) is 2.53. The smallest absolute Gasteiger partial charge is 0.261 e. The summed E-state index contributed by atoms with van der Waals surface area (Å²) in [6.07, 6.45) is 1.05. The topological polar surface area (TPSA) is 87.7 Å². The number of carbonyl (C=O) groups is 1. The fourth-order valence-corrected chi connectivity index (χ4v) is 4.25. The number of halogens is 1. The Morgan fingerprint density at radius 2 is 1.82 bits per heavy atom. The van der Waals surface area contributed by atoms with Crippen molar-refractivity contribution in [2.45, 2.75) is 13.0 Å². The van der Waals surface area contributed by atoms with E-state index in [1.807, 2.05) is 24.3 Å². The van der Waals surface area contributed by atoms with Crippen molar-refractivity contribution in [3.05, 3.63) is 64.2 Å². The Morgan fingerprint density at radius 1 is 1.18 bits per heavy atom. The molecule has 9 heteroatoms. The van der Waals surface area contributed by atoms with Gasteiger partial charge in [-0.2, -0.15) is 0 Å². The summed E-state index contributed by atoms with van der Waals surface area (Å²) in [4.78, 5) is 12.6. The number of anilines is 1. The van der Waals surface area contributed by atoms with Crippen LogP contribution in [0.4, 0.5) is 5.69 Å². The number of hydrogen-bond donors (Lipinski definition) is 2. The van der Waals surface area contributed by atoms with Crippen LogP contribution in [0.15, 0.2) is 55.1 Å². The fraction of sp³-hybridized carbons (Fsp3) is 0.211. The average Bonchev–Trinajstić information content (AvgIpc) is 2.65. The van der Waals surface area contributed by atoms with Crippen molar-refractivity contribution in [2.75, 3.05) is 17.7 Å².